The molecule has 2 heterocycles. The highest BCUT2D eigenvalue weighted by Gasteiger charge is 2.79. The molecule has 7 atom stereocenters. The molecular formula is C28H36O5. The maximum absolute atomic E-state index is 13.6. The third kappa shape index (κ3) is 2.81. The second-order valence-corrected chi connectivity index (χ2v) is 12.3. The van der Waals surface area contributed by atoms with E-state index in [1.165, 1.54) is 0 Å². The van der Waals surface area contributed by atoms with Crippen LogP contribution in [0.4, 0.5) is 0 Å². The van der Waals surface area contributed by atoms with Gasteiger partial charge in [0.25, 0.3) is 0 Å². The number of rotatable bonds is 3. The van der Waals surface area contributed by atoms with Gasteiger partial charge >= 0.3 is 11.9 Å². The molecule has 33 heavy (non-hydrogen) atoms. The van der Waals surface area contributed by atoms with Gasteiger partial charge in [-0.3, -0.25) is 4.79 Å². The van der Waals surface area contributed by atoms with Crippen molar-refractivity contribution >= 4 is 11.9 Å². The lowest BCUT2D eigenvalue weighted by atomic mass is 9.37. The Morgan fingerprint density at radius 1 is 1.03 bits per heavy atom. The van der Waals surface area contributed by atoms with E-state index >= 15 is 0 Å². The first kappa shape index (κ1) is 21.6. The van der Waals surface area contributed by atoms with Crippen LogP contribution in [0.3, 0.4) is 0 Å². The van der Waals surface area contributed by atoms with Crippen LogP contribution in [0.5, 0.6) is 0 Å². The molecule has 1 aromatic carbocycles. The molecule has 0 radical (unpaired) electrons. The average Bonchev–Trinajstić information content (AvgIpc) is 3.59. The van der Waals surface area contributed by atoms with Crippen molar-refractivity contribution in [2.45, 2.75) is 89.9 Å². The van der Waals surface area contributed by atoms with E-state index in [0.29, 0.717) is 19.1 Å². The third-order valence-electron chi connectivity index (χ3n) is 10.6. The molecule has 2 bridgehead atoms. The predicted molar refractivity (Wildman–Crippen MR) is 122 cm³/mol. The van der Waals surface area contributed by atoms with E-state index < -0.39 is 11.0 Å². The highest BCUT2D eigenvalue weighted by atomic mass is 16.7. The first-order valence-electron chi connectivity index (χ1n) is 12.8. The van der Waals surface area contributed by atoms with Gasteiger partial charge in [-0.05, 0) is 81.6 Å². The minimum Gasteiger partial charge on any atom is -0.460 e. The zero-order valence-corrected chi connectivity index (χ0v) is 20.2. The number of epoxide rings is 1. The lowest BCUT2D eigenvalue weighted by Gasteiger charge is -2.68. The molecule has 2 aliphatic heterocycles. The van der Waals surface area contributed by atoms with Crippen LogP contribution in [-0.2, 0) is 30.4 Å². The van der Waals surface area contributed by atoms with Crippen LogP contribution in [-0.4, -0.2) is 29.7 Å². The summed E-state index contributed by atoms with van der Waals surface area (Å²) in [4.78, 5) is 26.7. The maximum Gasteiger partial charge on any atom is 0.342 e. The zero-order valence-electron chi connectivity index (χ0n) is 20.2. The predicted octanol–water partition coefficient (Wildman–Crippen LogP) is 5.21. The van der Waals surface area contributed by atoms with Gasteiger partial charge in [0.2, 0.25) is 0 Å². The molecule has 5 nitrogen and oxygen atoms in total. The van der Waals surface area contributed by atoms with Crippen LogP contribution in [0, 0.1) is 28.1 Å². The summed E-state index contributed by atoms with van der Waals surface area (Å²) in [6, 6.07) is 9.93. The average molecular weight is 453 g/mol. The molecule has 5 fully saturated rings. The first-order chi connectivity index (χ1) is 15.7. The third-order valence-corrected chi connectivity index (χ3v) is 10.6. The normalized spacial score (nSPS) is 47.8. The number of carbonyl (C=O) groups excluding carboxylic acids is 2. The Balaban J connectivity index is 1.31. The summed E-state index contributed by atoms with van der Waals surface area (Å²) in [6.07, 6.45) is 7.72. The Labute approximate surface area is 196 Å². The van der Waals surface area contributed by atoms with Crippen molar-refractivity contribution in [3.63, 3.8) is 0 Å². The number of carbonyl (C=O) groups is 2. The van der Waals surface area contributed by atoms with Gasteiger partial charge in [-0.2, -0.15) is 0 Å². The van der Waals surface area contributed by atoms with Crippen LogP contribution in [0.25, 0.3) is 0 Å². The zero-order chi connectivity index (χ0) is 23.1. The first-order valence-corrected chi connectivity index (χ1v) is 12.8. The quantitative estimate of drug-likeness (QED) is 0.465. The molecule has 178 valence electrons. The number of esters is 2. The Kier molecular flexibility index (Phi) is 4.48. The molecule has 6 rings (SSSR count). The van der Waals surface area contributed by atoms with Gasteiger partial charge in [-0.15, -0.1) is 0 Å². The smallest absolute Gasteiger partial charge is 0.342 e. The molecule has 2 spiro atoms. The highest BCUT2D eigenvalue weighted by molar-refractivity contribution is 5.85. The fourth-order valence-corrected chi connectivity index (χ4v) is 9.04. The van der Waals surface area contributed by atoms with Crippen LogP contribution < -0.4 is 0 Å². The molecule has 0 N–H and O–H groups in total. The summed E-state index contributed by atoms with van der Waals surface area (Å²) in [5, 5.41) is 0. The monoisotopic (exact) mass is 452 g/mol. The van der Waals surface area contributed by atoms with Crippen molar-refractivity contribution in [1.82, 2.24) is 0 Å². The summed E-state index contributed by atoms with van der Waals surface area (Å²) in [5.74, 6) is 0.438. The minimum absolute atomic E-state index is 0.00504. The van der Waals surface area contributed by atoms with E-state index in [0.717, 1.165) is 56.9 Å². The van der Waals surface area contributed by atoms with Crippen LogP contribution in [0.2, 0.25) is 0 Å². The van der Waals surface area contributed by atoms with E-state index in [9.17, 15) is 9.59 Å². The molecule has 5 aliphatic rings. The van der Waals surface area contributed by atoms with Gasteiger partial charge in [0.1, 0.15) is 12.2 Å². The molecule has 5 heteroatoms. The largest absolute Gasteiger partial charge is 0.460 e. The minimum atomic E-state index is -0.743. The summed E-state index contributed by atoms with van der Waals surface area (Å²) in [7, 11) is 0. The van der Waals surface area contributed by atoms with Crippen molar-refractivity contribution in [3.05, 3.63) is 35.9 Å². The summed E-state index contributed by atoms with van der Waals surface area (Å²) < 4.78 is 17.9. The lowest BCUT2D eigenvalue weighted by molar-refractivity contribution is -0.251. The van der Waals surface area contributed by atoms with Gasteiger partial charge in [-0.25, -0.2) is 4.79 Å². The Morgan fingerprint density at radius 3 is 2.48 bits per heavy atom. The van der Waals surface area contributed by atoms with Crippen molar-refractivity contribution in [2.24, 2.45) is 28.1 Å². The van der Waals surface area contributed by atoms with E-state index in [1.807, 2.05) is 30.3 Å². The van der Waals surface area contributed by atoms with E-state index in [-0.39, 0.29) is 34.3 Å². The van der Waals surface area contributed by atoms with Crippen LogP contribution >= 0.6 is 0 Å². The second kappa shape index (κ2) is 6.84. The number of fused-ring (bicyclic) bond motifs is 3. The molecule has 3 aliphatic carbocycles. The lowest BCUT2D eigenvalue weighted by Crippen LogP contribution is -2.69. The summed E-state index contributed by atoms with van der Waals surface area (Å²) in [6.45, 7) is 7.48. The van der Waals surface area contributed by atoms with Crippen molar-refractivity contribution < 1.29 is 23.8 Å². The van der Waals surface area contributed by atoms with Gasteiger partial charge in [0.15, 0.2) is 5.60 Å². The SMILES string of the molecule is C[C@]12CC[C@H]3[C@]4(C)CCC[C@@](C)(C(=O)OCc5ccccc5)[C@H]4CC[C@@]3(C1)C1(CO1)C(=O)O2. The highest BCUT2D eigenvalue weighted by Crippen LogP contribution is 2.74. The molecule has 3 saturated carbocycles. The standard InChI is InChI=1S/C28H36O5/c1-24-14-10-21-25(2)12-7-13-26(3,22(29)31-16-19-8-5-4-6-9-19)20(25)11-15-27(21,17-24)28(18-32-28)23(30)33-24/h4-6,8-9,20-21H,7,10-18H2,1-3H3/t20-,21-,24-,25+,26+,27-,28?/m0/s1. The van der Waals surface area contributed by atoms with Crippen molar-refractivity contribution in [2.75, 3.05) is 6.61 Å². The summed E-state index contributed by atoms with van der Waals surface area (Å²) >= 11 is 0. The van der Waals surface area contributed by atoms with E-state index in [1.54, 1.807) is 0 Å². The molecule has 1 aromatic rings. The number of ether oxygens (including phenoxy) is 3. The Hall–Kier alpha value is -1.88. The second-order valence-electron chi connectivity index (χ2n) is 12.3. The number of benzene rings is 1. The Morgan fingerprint density at radius 2 is 1.76 bits per heavy atom. The number of hydrogen-bond acceptors (Lipinski definition) is 5. The van der Waals surface area contributed by atoms with Gasteiger partial charge in [0.05, 0.1) is 12.0 Å². The molecule has 1 unspecified atom stereocenters. The van der Waals surface area contributed by atoms with E-state index in [4.69, 9.17) is 14.2 Å². The van der Waals surface area contributed by atoms with Crippen molar-refractivity contribution in [3.8, 4) is 0 Å². The van der Waals surface area contributed by atoms with Crippen LogP contribution in [0.15, 0.2) is 30.3 Å². The Bertz CT molecular complexity index is 985. The fraction of sp³-hybridized carbons (Fsp3) is 0.714. The van der Waals surface area contributed by atoms with Gasteiger partial charge in [-0.1, -0.05) is 43.7 Å². The maximum atomic E-state index is 13.6. The van der Waals surface area contributed by atoms with Crippen molar-refractivity contribution in [1.29, 1.82) is 0 Å². The van der Waals surface area contributed by atoms with Crippen LogP contribution in [0.1, 0.15) is 77.7 Å². The van der Waals surface area contributed by atoms with E-state index in [2.05, 4.69) is 20.8 Å². The molecular weight excluding hydrogens is 416 g/mol. The molecule has 0 amide bonds. The molecule has 0 aromatic heterocycles. The van der Waals surface area contributed by atoms with Gasteiger partial charge < -0.3 is 14.2 Å². The molecule has 2 saturated heterocycles. The fourth-order valence-electron chi connectivity index (χ4n) is 9.04. The number of hydrogen-bond donors (Lipinski definition) is 0. The summed E-state index contributed by atoms with van der Waals surface area (Å²) in [5.41, 5.74) is -0.748. The van der Waals surface area contributed by atoms with Gasteiger partial charge in [0, 0.05) is 5.41 Å². The topological polar surface area (TPSA) is 65.1 Å².